The van der Waals surface area contributed by atoms with Gasteiger partial charge in [0.25, 0.3) is 0 Å². The third-order valence-corrected chi connectivity index (χ3v) is 1.64. The molecule has 0 aliphatic heterocycles. The van der Waals surface area contributed by atoms with Gasteiger partial charge in [0, 0.05) is 12.5 Å². The topological polar surface area (TPSA) is 69.9 Å². The predicted octanol–water partition coefficient (Wildman–Crippen LogP) is 0.233. The summed E-state index contributed by atoms with van der Waals surface area (Å²) in [5, 5.41) is 8.60. The fourth-order valence-corrected chi connectivity index (χ4v) is 0.816. The molecule has 0 fully saturated rings. The Morgan fingerprint density at radius 1 is 1.50 bits per heavy atom. The lowest BCUT2D eigenvalue weighted by molar-refractivity contribution is 0.148. The zero-order chi connectivity index (χ0) is 7.98. The molecule has 0 saturated carbocycles. The van der Waals surface area contributed by atoms with Crippen LogP contribution in [0, 0.1) is 5.92 Å². The van der Waals surface area contributed by atoms with Gasteiger partial charge >= 0.3 is 8.60 Å². The Labute approximate surface area is 61.5 Å². The minimum absolute atomic E-state index is 0.0179. The third-order valence-electron chi connectivity index (χ3n) is 1.26. The van der Waals surface area contributed by atoms with Crippen LogP contribution in [0.4, 0.5) is 0 Å². The summed E-state index contributed by atoms with van der Waals surface area (Å²) in [7, 11) is -2.26. The summed E-state index contributed by atoms with van der Waals surface area (Å²) in [4.78, 5) is 16.6. The van der Waals surface area contributed by atoms with E-state index in [0.29, 0.717) is 0 Å². The van der Waals surface area contributed by atoms with Crippen molar-refractivity contribution in [1.29, 1.82) is 0 Å². The summed E-state index contributed by atoms with van der Waals surface area (Å²) in [6.45, 7) is 2.15. The Hall–Kier alpha value is 0.270. The Kier molecular flexibility index (Phi) is 6.17. The van der Waals surface area contributed by atoms with E-state index in [9.17, 15) is 0 Å². The summed E-state index contributed by atoms with van der Waals surface area (Å²) in [5.74, 6) is 0.0179. The smallest absolute Gasteiger partial charge is 0.327 e. The van der Waals surface area contributed by atoms with Gasteiger partial charge in [-0.15, -0.1) is 0 Å². The molecule has 10 heavy (non-hydrogen) atoms. The van der Waals surface area contributed by atoms with Crippen LogP contribution in [0.25, 0.3) is 0 Å². The summed E-state index contributed by atoms with van der Waals surface area (Å²) < 4.78 is 4.50. The van der Waals surface area contributed by atoms with E-state index in [0.717, 1.165) is 6.42 Å². The molecule has 0 aromatic carbocycles. The molecule has 62 valence electrons. The van der Waals surface area contributed by atoms with Crippen molar-refractivity contribution >= 4 is 8.60 Å². The van der Waals surface area contributed by atoms with E-state index in [-0.39, 0.29) is 19.1 Å². The molecule has 0 spiro atoms. The number of hydrogen-bond donors (Lipinski definition) is 3. The largest absolute Gasteiger partial charge is 0.396 e. The van der Waals surface area contributed by atoms with E-state index in [1.165, 1.54) is 0 Å². The van der Waals surface area contributed by atoms with Crippen molar-refractivity contribution in [2.24, 2.45) is 5.92 Å². The molecule has 0 aromatic heterocycles. The zero-order valence-corrected chi connectivity index (χ0v) is 6.79. The highest BCUT2D eigenvalue weighted by Gasteiger charge is 2.07. The molecule has 0 aliphatic rings. The van der Waals surface area contributed by atoms with Crippen LogP contribution in [-0.2, 0) is 4.52 Å². The Balaban J connectivity index is 3.26. The van der Waals surface area contributed by atoms with Gasteiger partial charge in [-0.25, -0.2) is 0 Å². The lowest BCUT2D eigenvalue weighted by Gasteiger charge is -2.11. The molecule has 1 atom stereocenters. The van der Waals surface area contributed by atoms with Crippen LogP contribution in [0.2, 0.25) is 0 Å². The molecule has 0 aromatic rings. The van der Waals surface area contributed by atoms with Crippen LogP contribution in [0.15, 0.2) is 0 Å². The summed E-state index contributed by atoms with van der Waals surface area (Å²) in [6.07, 6.45) is 0.777. The highest BCUT2D eigenvalue weighted by molar-refractivity contribution is 7.39. The predicted molar refractivity (Wildman–Crippen MR) is 38.2 cm³/mol. The van der Waals surface area contributed by atoms with Crippen molar-refractivity contribution in [3.05, 3.63) is 0 Å². The Morgan fingerprint density at radius 3 is 2.40 bits per heavy atom. The number of aliphatic hydroxyl groups is 1. The summed E-state index contributed by atoms with van der Waals surface area (Å²) >= 11 is 0. The lowest BCUT2D eigenvalue weighted by Crippen LogP contribution is -2.10. The van der Waals surface area contributed by atoms with E-state index in [1.54, 1.807) is 0 Å². The summed E-state index contributed by atoms with van der Waals surface area (Å²) in [6, 6.07) is 0. The molecule has 0 heterocycles. The number of aliphatic hydroxyl groups excluding tert-OH is 1. The van der Waals surface area contributed by atoms with Gasteiger partial charge in [0.05, 0.1) is 6.61 Å². The van der Waals surface area contributed by atoms with Crippen LogP contribution in [0.5, 0.6) is 0 Å². The quantitative estimate of drug-likeness (QED) is 0.514. The maximum atomic E-state index is 8.60. The maximum Gasteiger partial charge on any atom is 0.327 e. The maximum absolute atomic E-state index is 8.60. The minimum atomic E-state index is -2.26. The molecule has 0 saturated heterocycles. The van der Waals surface area contributed by atoms with E-state index in [4.69, 9.17) is 14.9 Å². The molecule has 0 amide bonds. The molecule has 4 nitrogen and oxygen atoms in total. The molecule has 0 rings (SSSR count). The van der Waals surface area contributed by atoms with Crippen molar-refractivity contribution in [2.75, 3.05) is 13.2 Å². The van der Waals surface area contributed by atoms with Gasteiger partial charge in [0.15, 0.2) is 0 Å². The molecule has 1 unspecified atom stereocenters. The average molecular weight is 168 g/mol. The molecule has 5 heteroatoms. The monoisotopic (exact) mass is 168 g/mol. The molecular formula is C5H13O4P. The standard InChI is InChI=1S/C5H13O4P/c1-2-5(3-6)4-9-10(7)8/h5-8H,2-4H2,1H3. The number of hydrogen-bond acceptors (Lipinski definition) is 4. The van der Waals surface area contributed by atoms with Gasteiger partial charge in [0.1, 0.15) is 0 Å². The van der Waals surface area contributed by atoms with Gasteiger partial charge < -0.3 is 19.4 Å². The first-order valence-corrected chi connectivity index (χ1v) is 4.28. The lowest BCUT2D eigenvalue weighted by atomic mass is 10.1. The first kappa shape index (κ1) is 10.3. The van der Waals surface area contributed by atoms with E-state index in [2.05, 4.69) is 4.52 Å². The molecular weight excluding hydrogens is 155 g/mol. The zero-order valence-electron chi connectivity index (χ0n) is 5.90. The number of rotatable bonds is 5. The average Bonchev–Trinajstić information content (AvgIpc) is 1.90. The second kappa shape index (κ2) is 6.01. The first-order valence-electron chi connectivity index (χ1n) is 3.12. The SMILES string of the molecule is CCC(CO)COP(O)O. The van der Waals surface area contributed by atoms with Crippen molar-refractivity contribution in [2.45, 2.75) is 13.3 Å². The van der Waals surface area contributed by atoms with E-state index in [1.807, 2.05) is 6.92 Å². The molecule has 0 bridgehead atoms. The van der Waals surface area contributed by atoms with Gasteiger partial charge in [-0.2, -0.15) is 0 Å². The fourth-order valence-electron chi connectivity index (χ4n) is 0.472. The van der Waals surface area contributed by atoms with Gasteiger partial charge in [-0.05, 0) is 6.42 Å². The van der Waals surface area contributed by atoms with Crippen molar-refractivity contribution in [3.8, 4) is 0 Å². The Morgan fingerprint density at radius 2 is 2.10 bits per heavy atom. The van der Waals surface area contributed by atoms with Crippen LogP contribution in [0.3, 0.4) is 0 Å². The van der Waals surface area contributed by atoms with E-state index < -0.39 is 8.60 Å². The van der Waals surface area contributed by atoms with Crippen LogP contribution in [0.1, 0.15) is 13.3 Å². The highest BCUT2D eigenvalue weighted by Crippen LogP contribution is 2.25. The fraction of sp³-hybridized carbons (Fsp3) is 1.00. The second-order valence-electron chi connectivity index (χ2n) is 2.01. The molecule has 0 aliphatic carbocycles. The normalized spacial score (nSPS) is 14.1. The highest BCUT2D eigenvalue weighted by atomic mass is 31.2. The molecule has 0 radical (unpaired) electrons. The Bertz CT molecular complexity index is 74.0. The van der Waals surface area contributed by atoms with Crippen molar-refractivity contribution in [1.82, 2.24) is 0 Å². The van der Waals surface area contributed by atoms with Crippen LogP contribution < -0.4 is 0 Å². The van der Waals surface area contributed by atoms with Gasteiger partial charge in [-0.3, -0.25) is 0 Å². The van der Waals surface area contributed by atoms with Gasteiger partial charge in [-0.1, -0.05) is 6.92 Å². The third kappa shape index (κ3) is 5.09. The molecule has 3 N–H and O–H groups in total. The first-order chi connectivity index (χ1) is 4.70. The minimum Gasteiger partial charge on any atom is -0.396 e. The second-order valence-corrected chi connectivity index (χ2v) is 2.77. The van der Waals surface area contributed by atoms with Crippen LogP contribution in [-0.4, -0.2) is 28.1 Å². The van der Waals surface area contributed by atoms with Crippen molar-refractivity contribution in [3.63, 3.8) is 0 Å². The van der Waals surface area contributed by atoms with E-state index >= 15 is 0 Å². The van der Waals surface area contributed by atoms with Crippen molar-refractivity contribution < 1.29 is 19.4 Å². The summed E-state index contributed by atoms with van der Waals surface area (Å²) in [5.41, 5.74) is 0. The van der Waals surface area contributed by atoms with Gasteiger partial charge in [0.2, 0.25) is 0 Å². The van der Waals surface area contributed by atoms with Crippen LogP contribution >= 0.6 is 8.60 Å².